The zero-order chi connectivity index (χ0) is 14.4. The van der Waals surface area contributed by atoms with Gasteiger partial charge in [-0.05, 0) is 30.2 Å². The van der Waals surface area contributed by atoms with E-state index in [0.717, 1.165) is 23.0 Å². The first kappa shape index (κ1) is 15.0. The first-order chi connectivity index (χ1) is 9.74. The molecule has 0 amide bonds. The Bertz CT molecular complexity index is 542. The standard InChI is InChI=1S/C16H19BrN2O/c1-3-15(12-6-8-14(17)9-7-12)19-11-13-5-4-10-18-16(13)20-2/h4-10,15,19H,3,11H2,1-2H3. The van der Waals surface area contributed by atoms with E-state index in [9.17, 15) is 0 Å². The number of aromatic nitrogens is 1. The number of methoxy groups -OCH3 is 1. The summed E-state index contributed by atoms with van der Waals surface area (Å²) >= 11 is 3.47. The third-order valence-corrected chi connectivity index (χ3v) is 3.79. The molecule has 0 bridgehead atoms. The van der Waals surface area contributed by atoms with Crippen LogP contribution in [0, 0.1) is 0 Å². The van der Waals surface area contributed by atoms with Gasteiger partial charge in [0.2, 0.25) is 5.88 Å². The van der Waals surface area contributed by atoms with Gasteiger partial charge in [-0.15, -0.1) is 0 Å². The van der Waals surface area contributed by atoms with Gasteiger partial charge in [0.1, 0.15) is 0 Å². The Kier molecular flexibility index (Phi) is 5.56. The number of hydrogen-bond acceptors (Lipinski definition) is 3. The highest BCUT2D eigenvalue weighted by atomic mass is 79.9. The first-order valence-electron chi connectivity index (χ1n) is 6.71. The molecule has 0 saturated heterocycles. The molecule has 3 nitrogen and oxygen atoms in total. The Labute approximate surface area is 128 Å². The molecule has 2 aromatic rings. The van der Waals surface area contributed by atoms with Crippen LogP contribution < -0.4 is 10.1 Å². The fourth-order valence-electron chi connectivity index (χ4n) is 2.17. The van der Waals surface area contributed by atoms with E-state index < -0.39 is 0 Å². The smallest absolute Gasteiger partial charge is 0.217 e. The third-order valence-electron chi connectivity index (χ3n) is 3.26. The molecule has 0 aliphatic carbocycles. The van der Waals surface area contributed by atoms with E-state index in [-0.39, 0.29) is 0 Å². The average Bonchev–Trinajstić information content (AvgIpc) is 2.50. The number of pyridine rings is 1. The van der Waals surface area contributed by atoms with Crippen LogP contribution in [0.15, 0.2) is 47.1 Å². The van der Waals surface area contributed by atoms with Gasteiger partial charge in [-0.25, -0.2) is 4.98 Å². The maximum atomic E-state index is 5.28. The molecule has 1 atom stereocenters. The van der Waals surface area contributed by atoms with Crippen LogP contribution in [-0.2, 0) is 6.54 Å². The van der Waals surface area contributed by atoms with Crippen LogP contribution in [0.5, 0.6) is 5.88 Å². The molecule has 1 aromatic carbocycles. The first-order valence-corrected chi connectivity index (χ1v) is 7.50. The molecule has 0 saturated carbocycles. The van der Waals surface area contributed by atoms with Crippen molar-refractivity contribution in [3.8, 4) is 5.88 Å². The quantitative estimate of drug-likeness (QED) is 0.863. The Morgan fingerprint density at radius 3 is 2.65 bits per heavy atom. The largest absolute Gasteiger partial charge is 0.481 e. The minimum atomic E-state index is 0.327. The van der Waals surface area contributed by atoms with Crippen LogP contribution in [0.2, 0.25) is 0 Å². The monoisotopic (exact) mass is 334 g/mol. The van der Waals surface area contributed by atoms with Crippen LogP contribution in [0.3, 0.4) is 0 Å². The summed E-state index contributed by atoms with van der Waals surface area (Å²) in [6, 6.07) is 12.7. The molecule has 1 heterocycles. The van der Waals surface area contributed by atoms with Gasteiger partial charge >= 0.3 is 0 Å². The molecule has 0 aliphatic rings. The molecule has 0 radical (unpaired) electrons. The molecular weight excluding hydrogens is 316 g/mol. The van der Waals surface area contributed by atoms with E-state index in [1.807, 2.05) is 12.1 Å². The number of nitrogens with one attached hydrogen (secondary N) is 1. The highest BCUT2D eigenvalue weighted by Crippen LogP contribution is 2.21. The summed E-state index contributed by atoms with van der Waals surface area (Å²) in [5, 5.41) is 3.56. The summed E-state index contributed by atoms with van der Waals surface area (Å²) in [4.78, 5) is 4.22. The van der Waals surface area contributed by atoms with Crippen molar-refractivity contribution in [3.05, 3.63) is 58.2 Å². The second-order valence-electron chi connectivity index (χ2n) is 4.57. The molecule has 0 fully saturated rings. The van der Waals surface area contributed by atoms with Crippen molar-refractivity contribution in [2.24, 2.45) is 0 Å². The van der Waals surface area contributed by atoms with E-state index >= 15 is 0 Å². The van der Waals surface area contributed by atoms with Crippen LogP contribution in [-0.4, -0.2) is 12.1 Å². The maximum Gasteiger partial charge on any atom is 0.217 e. The summed E-state index contributed by atoms with van der Waals surface area (Å²) in [6.45, 7) is 2.92. The van der Waals surface area contributed by atoms with Crippen molar-refractivity contribution in [1.82, 2.24) is 10.3 Å². The molecule has 1 unspecified atom stereocenters. The van der Waals surface area contributed by atoms with Crippen molar-refractivity contribution in [3.63, 3.8) is 0 Å². The van der Waals surface area contributed by atoms with Crippen LogP contribution in [0.25, 0.3) is 0 Å². The van der Waals surface area contributed by atoms with Gasteiger partial charge in [0, 0.05) is 28.8 Å². The Balaban J connectivity index is 2.05. The van der Waals surface area contributed by atoms with Gasteiger partial charge in [0.25, 0.3) is 0 Å². The Morgan fingerprint density at radius 2 is 2.00 bits per heavy atom. The van der Waals surface area contributed by atoms with Gasteiger partial charge in [-0.2, -0.15) is 0 Å². The molecule has 0 aliphatic heterocycles. The predicted molar refractivity (Wildman–Crippen MR) is 84.8 cm³/mol. The summed E-state index contributed by atoms with van der Waals surface area (Å²) in [5.74, 6) is 0.686. The fraction of sp³-hybridized carbons (Fsp3) is 0.312. The molecule has 20 heavy (non-hydrogen) atoms. The number of ether oxygens (including phenoxy) is 1. The van der Waals surface area contributed by atoms with E-state index in [1.54, 1.807) is 13.3 Å². The van der Waals surface area contributed by atoms with Gasteiger partial charge < -0.3 is 10.1 Å². The van der Waals surface area contributed by atoms with E-state index in [1.165, 1.54) is 5.56 Å². The Hall–Kier alpha value is -1.39. The predicted octanol–water partition coefficient (Wildman–Crippen LogP) is 4.09. The number of hydrogen-bond donors (Lipinski definition) is 1. The van der Waals surface area contributed by atoms with Crippen molar-refractivity contribution in [1.29, 1.82) is 0 Å². The lowest BCUT2D eigenvalue weighted by Crippen LogP contribution is -2.20. The van der Waals surface area contributed by atoms with Gasteiger partial charge in [0.15, 0.2) is 0 Å². The number of rotatable bonds is 6. The lowest BCUT2D eigenvalue weighted by molar-refractivity contribution is 0.388. The van der Waals surface area contributed by atoms with Crippen molar-refractivity contribution in [2.75, 3.05) is 7.11 Å². The minimum absolute atomic E-state index is 0.327. The number of nitrogens with zero attached hydrogens (tertiary/aromatic N) is 1. The summed E-state index contributed by atoms with van der Waals surface area (Å²) < 4.78 is 6.38. The maximum absolute atomic E-state index is 5.28. The molecule has 1 N–H and O–H groups in total. The summed E-state index contributed by atoms with van der Waals surface area (Å²) in [7, 11) is 1.65. The normalized spacial score (nSPS) is 12.2. The fourth-order valence-corrected chi connectivity index (χ4v) is 2.43. The molecule has 1 aromatic heterocycles. The van der Waals surface area contributed by atoms with E-state index in [0.29, 0.717) is 11.9 Å². The summed E-state index contributed by atoms with van der Waals surface area (Å²) in [6.07, 6.45) is 2.78. The lowest BCUT2D eigenvalue weighted by atomic mass is 10.0. The van der Waals surface area contributed by atoms with Crippen LogP contribution in [0.1, 0.15) is 30.5 Å². The molecule has 2 rings (SSSR count). The number of halogens is 1. The van der Waals surface area contributed by atoms with Crippen LogP contribution in [0.4, 0.5) is 0 Å². The summed E-state index contributed by atoms with van der Waals surface area (Å²) in [5.41, 5.74) is 2.36. The van der Waals surface area contributed by atoms with Crippen molar-refractivity contribution in [2.45, 2.75) is 25.9 Å². The topological polar surface area (TPSA) is 34.2 Å². The average molecular weight is 335 g/mol. The van der Waals surface area contributed by atoms with Gasteiger partial charge in [-0.3, -0.25) is 0 Å². The molecular formula is C16H19BrN2O. The highest BCUT2D eigenvalue weighted by molar-refractivity contribution is 9.10. The second-order valence-corrected chi connectivity index (χ2v) is 5.48. The SMILES string of the molecule is CCC(NCc1cccnc1OC)c1ccc(Br)cc1. The zero-order valence-corrected chi connectivity index (χ0v) is 13.4. The van der Waals surface area contributed by atoms with E-state index in [2.05, 4.69) is 57.4 Å². The highest BCUT2D eigenvalue weighted by Gasteiger charge is 2.10. The molecule has 106 valence electrons. The number of benzene rings is 1. The van der Waals surface area contributed by atoms with Crippen molar-refractivity contribution < 1.29 is 4.74 Å². The second kappa shape index (κ2) is 7.41. The zero-order valence-electron chi connectivity index (χ0n) is 11.8. The van der Waals surface area contributed by atoms with E-state index in [4.69, 9.17) is 4.74 Å². The minimum Gasteiger partial charge on any atom is -0.481 e. The van der Waals surface area contributed by atoms with Crippen LogP contribution >= 0.6 is 15.9 Å². The molecule has 4 heteroatoms. The van der Waals surface area contributed by atoms with Gasteiger partial charge in [-0.1, -0.05) is 41.1 Å². The Morgan fingerprint density at radius 1 is 1.25 bits per heavy atom. The van der Waals surface area contributed by atoms with Crippen molar-refractivity contribution >= 4 is 15.9 Å². The van der Waals surface area contributed by atoms with Gasteiger partial charge in [0.05, 0.1) is 7.11 Å². The lowest BCUT2D eigenvalue weighted by Gasteiger charge is -2.18. The molecule has 0 spiro atoms. The third kappa shape index (κ3) is 3.81.